The lowest BCUT2D eigenvalue weighted by Gasteiger charge is -2.24. The Hall–Kier alpha value is -2.39. The number of benzene rings is 2. The standard InChI is InChI=1S/C19H21BrN2O5S/c1-13(2)27-19(24)12-22(17-6-4-5-15(20)11-17)28(25,26)18-9-7-16(8-10-18)21-14(3)23/h4-11,13H,12H2,1-3H3,(H,21,23). The van der Waals surface area contributed by atoms with Crippen molar-refractivity contribution in [1.29, 1.82) is 0 Å². The smallest absolute Gasteiger partial charge is 0.327 e. The molecule has 0 aliphatic heterocycles. The molecule has 0 radical (unpaired) electrons. The molecule has 1 amide bonds. The van der Waals surface area contributed by atoms with Gasteiger partial charge in [-0.3, -0.25) is 13.9 Å². The molecule has 2 rings (SSSR count). The Labute approximate surface area is 172 Å². The maximum Gasteiger partial charge on any atom is 0.327 e. The average molecular weight is 469 g/mol. The van der Waals surface area contributed by atoms with Gasteiger partial charge in [0.2, 0.25) is 5.91 Å². The number of amides is 1. The summed E-state index contributed by atoms with van der Waals surface area (Å²) >= 11 is 3.31. The van der Waals surface area contributed by atoms with E-state index >= 15 is 0 Å². The molecule has 9 heteroatoms. The number of hydrogen-bond acceptors (Lipinski definition) is 5. The average Bonchev–Trinajstić information content (AvgIpc) is 2.59. The molecule has 1 N–H and O–H groups in total. The van der Waals surface area contributed by atoms with Gasteiger partial charge in [0.25, 0.3) is 10.0 Å². The van der Waals surface area contributed by atoms with Crippen molar-refractivity contribution in [3.63, 3.8) is 0 Å². The molecule has 0 heterocycles. The first-order valence-electron chi connectivity index (χ1n) is 8.45. The van der Waals surface area contributed by atoms with Gasteiger partial charge >= 0.3 is 5.97 Å². The number of carbonyl (C=O) groups is 2. The number of nitrogens with one attached hydrogen (secondary N) is 1. The molecule has 0 fully saturated rings. The van der Waals surface area contributed by atoms with Gasteiger partial charge in [0.1, 0.15) is 6.54 Å². The van der Waals surface area contributed by atoms with E-state index in [1.54, 1.807) is 38.1 Å². The fraction of sp³-hybridized carbons (Fsp3) is 0.263. The Balaban J connectivity index is 2.42. The van der Waals surface area contributed by atoms with Gasteiger partial charge in [0.05, 0.1) is 16.7 Å². The van der Waals surface area contributed by atoms with Crippen LogP contribution in [0.15, 0.2) is 57.9 Å². The van der Waals surface area contributed by atoms with Crippen LogP contribution < -0.4 is 9.62 Å². The van der Waals surface area contributed by atoms with Gasteiger partial charge in [-0.05, 0) is 56.3 Å². The van der Waals surface area contributed by atoms with E-state index in [1.165, 1.54) is 31.2 Å². The van der Waals surface area contributed by atoms with Crippen LogP contribution in [0.5, 0.6) is 0 Å². The van der Waals surface area contributed by atoms with Crippen LogP contribution in [-0.2, 0) is 24.3 Å². The minimum atomic E-state index is -4.05. The third kappa shape index (κ3) is 5.80. The van der Waals surface area contributed by atoms with Crippen LogP contribution in [0.25, 0.3) is 0 Å². The predicted octanol–water partition coefficient (Wildman–Crippen LogP) is 3.55. The minimum absolute atomic E-state index is 0.0149. The third-order valence-electron chi connectivity index (χ3n) is 3.50. The first-order valence-corrected chi connectivity index (χ1v) is 10.7. The number of carbonyl (C=O) groups excluding carboxylic acids is 2. The molecule has 150 valence electrons. The molecule has 2 aromatic rings. The van der Waals surface area contributed by atoms with Crippen LogP contribution >= 0.6 is 15.9 Å². The van der Waals surface area contributed by atoms with Gasteiger partial charge in [-0.15, -0.1) is 0 Å². The molecule has 28 heavy (non-hydrogen) atoms. The zero-order valence-electron chi connectivity index (χ0n) is 15.7. The number of anilines is 2. The maximum atomic E-state index is 13.2. The van der Waals surface area contributed by atoms with E-state index in [0.29, 0.717) is 15.8 Å². The molecule has 0 aliphatic rings. The SMILES string of the molecule is CC(=O)Nc1ccc(S(=O)(=O)N(CC(=O)OC(C)C)c2cccc(Br)c2)cc1. The van der Waals surface area contributed by atoms with Gasteiger partial charge in [-0.2, -0.15) is 0 Å². The largest absolute Gasteiger partial charge is 0.462 e. The maximum absolute atomic E-state index is 13.2. The molecule has 2 aromatic carbocycles. The van der Waals surface area contributed by atoms with Gasteiger partial charge in [0, 0.05) is 17.1 Å². The third-order valence-corrected chi connectivity index (χ3v) is 5.78. The first-order chi connectivity index (χ1) is 13.1. The highest BCUT2D eigenvalue weighted by atomic mass is 79.9. The van der Waals surface area contributed by atoms with Crippen LogP contribution in [0.2, 0.25) is 0 Å². The van der Waals surface area contributed by atoms with Gasteiger partial charge in [-0.25, -0.2) is 8.42 Å². The number of ether oxygens (including phenoxy) is 1. The second kappa shape index (κ2) is 9.20. The monoisotopic (exact) mass is 468 g/mol. The summed E-state index contributed by atoms with van der Waals surface area (Å²) in [7, 11) is -4.05. The summed E-state index contributed by atoms with van der Waals surface area (Å²) in [5.41, 5.74) is 0.792. The lowest BCUT2D eigenvalue weighted by Crippen LogP contribution is -2.37. The molecule has 0 atom stereocenters. The highest BCUT2D eigenvalue weighted by Gasteiger charge is 2.28. The molecule has 0 unspecified atom stereocenters. The summed E-state index contributed by atoms with van der Waals surface area (Å²) in [6, 6.07) is 12.3. The van der Waals surface area contributed by atoms with Crippen LogP contribution in [-0.4, -0.2) is 32.9 Å². The number of rotatable bonds is 7. The summed E-state index contributed by atoms with van der Waals surface area (Å²) in [5, 5.41) is 2.58. The molecule has 0 saturated carbocycles. The zero-order valence-corrected chi connectivity index (χ0v) is 18.1. The molecule has 7 nitrogen and oxygen atoms in total. The van der Waals surface area contributed by atoms with Crippen molar-refractivity contribution in [2.75, 3.05) is 16.2 Å². The van der Waals surface area contributed by atoms with E-state index in [9.17, 15) is 18.0 Å². The fourth-order valence-corrected chi connectivity index (χ4v) is 4.19. The number of sulfonamides is 1. The van der Waals surface area contributed by atoms with E-state index in [0.717, 1.165) is 4.31 Å². The second-order valence-electron chi connectivity index (χ2n) is 6.24. The molecular formula is C19H21BrN2O5S. The molecule has 0 saturated heterocycles. The van der Waals surface area contributed by atoms with Crippen LogP contribution in [0.1, 0.15) is 20.8 Å². The Kier molecular flexibility index (Phi) is 7.20. The van der Waals surface area contributed by atoms with Gasteiger partial charge in [-0.1, -0.05) is 22.0 Å². The number of halogens is 1. The zero-order chi connectivity index (χ0) is 20.9. The number of hydrogen-bond donors (Lipinski definition) is 1. The van der Waals surface area contributed by atoms with Crippen molar-refractivity contribution >= 4 is 49.2 Å². The van der Waals surface area contributed by atoms with Crippen LogP contribution in [0.4, 0.5) is 11.4 Å². The first kappa shape index (κ1) is 21.9. The Bertz CT molecular complexity index is 959. The van der Waals surface area contributed by atoms with E-state index < -0.39 is 22.5 Å². The van der Waals surface area contributed by atoms with Crippen molar-refractivity contribution in [3.05, 3.63) is 53.0 Å². The number of esters is 1. The molecular weight excluding hydrogens is 448 g/mol. The quantitative estimate of drug-likeness (QED) is 0.627. The normalized spacial score (nSPS) is 11.2. The van der Waals surface area contributed by atoms with Gasteiger partial charge in [0.15, 0.2) is 0 Å². The molecule has 0 bridgehead atoms. The predicted molar refractivity (Wildman–Crippen MR) is 111 cm³/mol. The minimum Gasteiger partial charge on any atom is -0.462 e. The highest BCUT2D eigenvalue weighted by Crippen LogP contribution is 2.27. The highest BCUT2D eigenvalue weighted by molar-refractivity contribution is 9.10. The van der Waals surface area contributed by atoms with Crippen molar-refractivity contribution in [2.45, 2.75) is 31.8 Å². The van der Waals surface area contributed by atoms with E-state index in [4.69, 9.17) is 4.74 Å². The summed E-state index contributed by atoms with van der Waals surface area (Å²) in [5.74, 6) is -0.920. The summed E-state index contributed by atoms with van der Waals surface area (Å²) in [6.07, 6.45) is -0.364. The van der Waals surface area contributed by atoms with Gasteiger partial charge < -0.3 is 10.1 Å². The van der Waals surface area contributed by atoms with Crippen LogP contribution in [0, 0.1) is 0 Å². The van der Waals surface area contributed by atoms with Crippen molar-refractivity contribution in [2.24, 2.45) is 0 Å². The van der Waals surface area contributed by atoms with Crippen molar-refractivity contribution < 1.29 is 22.7 Å². The van der Waals surface area contributed by atoms with Crippen molar-refractivity contribution in [1.82, 2.24) is 0 Å². The molecule has 0 aromatic heterocycles. The topological polar surface area (TPSA) is 92.8 Å². The van der Waals surface area contributed by atoms with E-state index in [1.807, 2.05) is 0 Å². The Morgan fingerprint density at radius 2 is 1.79 bits per heavy atom. The lowest BCUT2D eigenvalue weighted by molar-refractivity contribution is -0.145. The van der Waals surface area contributed by atoms with Crippen molar-refractivity contribution in [3.8, 4) is 0 Å². The van der Waals surface area contributed by atoms with E-state index in [2.05, 4.69) is 21.2 Å². The summed E-state index contributed by atoms with van der Waals surface area (Å²) < 4.78 is 33.2. The Morgan fingerprint density at radius 3 is 2.32 bits per heavy atom. The molecule has 0 spiro atoms. The van der Waals surface area contributed by atoms with E-state index in [-0.39, 0.29) is 16.9 Å². The fourth-order valence-electron chi connectivity index (χ4n) is 2.40. The molecule has 0 aliphatic carbocycles. The summed E-state index contributed by atoms with van der Waals surface area (Å²) in [4.78, 5) is 23.3. The van der Waals surface area contributed by atoms with Crippen LogP contribution in [0.3, 0.4) is 0 Å². The lowest BCUT2D eigenvalue weighted by atomic mass is 10.3. The number of nitrogens with zero attached hydrogens (tertiary/aromatic N) is 1. The summed E-state index contributed by atoms with van der Waals surface area (Å²) in [6.45, 7) is 4.28. The Morgan fingerprint density at radius 1 is 1.14 bits per heavy atom. The second-order valence-corrected chi connectivity index (χ2v) is 9.01.